The third-order valence-corrected chi connectivity index (χ3v) is 7.32. The summed E-state index contributed by atoms with van der Waals surface area (Å²) in [5, 5.41) is 4.07. The van der Waals surface area contributed by atoms with E-state index in [9.17, 15) is 9.59 Å². The Morgan fingerprint density at radius 1 is 0.951 bits per heavy atom. The highest BCUT2D eigenvalue weighted by molar-refractivity contribution is 9.10. The van der Waals surface area contributed by atoms with E-state index < -0.39 is 0 Å². The van der Waals surface area contributed by atoms with Crippen LogP contribution in [0.15, 0.2) is 77.4 Å². The van der Waals surface area contributed by atoms with E-state index in [2.05, 4.69) is 32.3 Å². The molecule has 0 spiro atoms. The van der Waals surface area contributed by atoms with Gasteiger partial charge >= 0.3 is 6.03 Å². The molecular weight excluding hydrogens is 584 g/mol. The molecule has 0 unspecified atom stereocenters. The number of nitrogens with one attached hydrogen (secondary N) is 2. The molecule has 3 aromatic carbocycles. The van der Waals surface area contributed by atoms with Gasteiger partial charge in [-0.05, 0) is 65.9 Å². The van der Waals surface area contributed by atoms with Crippen LogP contribution in [0.2, 0.25) is 0 Å². The number of carbonyl (C=O) groups is 2. The van der Waals surface area contributed by atoms with E-state index in [0.29, 0.717) is 43.2 Å². The van der Waals surface area contributed by atoms with Crippen LogP contribution in [-0.4, -0.2) is 60.6 Å². The molecule has 4 aromatic rings. The molecule has 0 radical (unpaired) electrons. The Bertz CT molecular complexity index is 1470. The van der Waals surface area contributed by atoms with Gasteiger partial charge in [0.2, 0.25) is 5.91 Å². The fourth-order valence-electron chi connectivity index (χ4n) is 4.74. The van der Waals surface area contributed by atoms with Crippen LogP contribution in [0.4, 0.5) is 10.5 Å². The molecule has 1 heterocycles. The number of hydrogen-bond acceptors (Lipinski definition) is 4. The minimum atomic E-state index is -0.308. The number of H-pyrrole nitrogens is 1. The van der Waals surface area contributed by atoms with Gasteiger partial charge in [-0.25, -0.2) is 4.79 Å². The smallest absolute Gasteiger partial charge is 0.322 e. The molecule has 3 amide bonds. The van der Waals surface area contributed by atoms with Gasteiger partial charge in [0, 0.05) is 46.9 Å². The van der Waals surface area contributed by atoms with Gasteiger partial charge in [-0.1, -0.05) is 54.0 Å². The van der Waals surface area contributed by atoms with Crippen LogP contribution in [0.3, 0.4) is 0 Å². The molecular formula is C32H37BrN4O4. The fraction of sp³-hybridized carbons (Fsp3) is 0.312. The number of fused-ring (bicyclic) bond motifs is 1. The molecule has 0 fully saturated rings. The zero-order chi connectivity index (χ0) is 29.4. The first-order chi connectivity index (χ1) is 19.8. The van der Waals surface area contributed by atoms with Crippen LogP contribution in [0.1, 0.15) is 25.0 Å². The van der Waals surface area contributed by atoms with Gasteiger partial charge in [-0.2, -0.15) is 0 Å². The monoisotopic (exact) mass is 620 g/mol. The number of anilines is 1. The number of aromatic nitrogens is 1. The van der Waals surface area contributed by atoms with E-state index in [1.165, 1.54) is 0 Å². The van der Waals surface area contributed by atoms with Crippen molar-refractivity contribution in [3.05, 3.63) is 88.5 Å². The second-order valence-corrected chi connectivity index (χ2v) is 11.2. The average Bonchev–Trinajstić information content (AvgIpc) is 3.38. The molecule has 0 saturated heterocycles. The van der Waals surface area contributed by atoms with Gasteiger partial charge in [0.15, 0.2) is 11.5 Å². The number of carbonyl (C=O) groups excluding carboxylic acids is 2. The van der Waals surface area contributed by atoms with Crippen molar-refractivity contribution in [3.8, 4) is 11.5 Å². The Hall–Kier alpha value is -3.98. The van der Waals surface area contributed by atoms with Crippen LogP contribution in [0, 0.1) is 5.92 Å². The van der Waals surface area contributed by atoms with E-state index in [1.807, 2.05) is 85.6 Å². The highest BCUT2D eigenvalue weighted by Gasteiger charge is 2.23. The van der Waals surface area contributed by atoms with Gasteiger partial charge in [0.05, 0.1) is 14.2 Å². The van der Waals surface area contributed by atoms with Crippen molar-refractivity contribution in [2.75, 3.05) is 39.2 Å². The minimum absolute atomic E-state index is 0.0400. The summed E-state index contributed by atoms with van der Waals surface area (Å²) in [5.41, 5.74) is 3.77. The molecule has 0 bridgehead atoms. The van der Waals surface area contributed by atoms with E-state index in [-0.39, 0.29) is 24.4 Å². The van der Waals surface area contributed by atoms with Crippen LogP contribution < -0.4 is 14.8 Å². The zero-order valence-corrected chi connectivity index (χ0v) is 25.5. The van der Waals surface area contributed by atoms with Crippen molar-refractivity contribution in [2.45, 2.75) is 26.8 Å². The lowest BCUT2D eigenvalue weighted by molar-refractivity contribution is -0.132. The molecule has 0 aliphatic carbocycles. The number of methoxy groups -OCH3 is 2. The molecule has 8 nitrogen and oxygen atoms in total. The first kappa shape index (κ1) is 30.0. The van der Waals surface area contributed by atoms with E-state index >= 15 is 0 Å². The molecule has 9 heteroatoms. The van der Waals surface area contributed by atoms with Crippen molar-refractivity contribution in [1.82, 2.24) is 14.8 Å². The minimum Gasteiger partial charge on any atom is -0.493 e. The lowest BCUT2D eigenvalue weighted by atomic mass is 10.1. The standard InChI is InChI=1S/C32H37BrN4O4/c1-22(2)19-37(32(39)35-26-12-10-25(33)11-13-26)21-31(38)36(20-23-9-14-29(40-3)30(17-23)41-4)16-15-24-18-34-28-8-6-5-7-27(24)28/h5-14,17-18,22,34H,15-16,19-21H2,1-4H3,(H,35,39). The Labute approximate surface area is 249 Å². The second kappa shape index (κ2) is 14.1. The largest absolute Gasteiger partial charge is 0.493 e. The Balaban J connectivity index is 1.55. The highest BCUT2D eigenvalue weighted by Crippen LogP contribution is 2.28. The maximum atomic E-state index is 13.9. The summed E-state index contributed by atoms with van der Waals surface area (Å²) in [4.78, 5) is 33.9. The average molecular weight is 622 g/mol. The molecule has 2 N–H and O–H groups in total. The van der Waals surface area contributed by atoms with Crippen molar-refractivity contribution in [3.63, 3.8) is 0 Å². The van der Waals surface area contributed by atoms with E-state index in [4.69, 9.17) is 9.47 Å². The number of hydrogen-bond donors (Lipinski definition) is 2. The van der Waals surface area contributed by atoms with Crippen molar-refractivity contribution >= 4 is 44.5 Å². The van der Waals surface area contributed by atoms with Crippen LogP contribution in [-0.2, 0) is 17.8 Å². The van der Waals surface area contributed by atoms with Gasteiger partial charge in [-0.15, -0.1) is 0 Å². The summed E-state index contributed by atoms with van der Waals surface area (Å²) in [5.74, 6) is 1.28. The number of nitrogens with zero attached hydrogens (tertiary/aromatic N) is 2. The Morgan fingerprint density at radius 3 is 2.39 bits per heavy atom. The van der Waals surface area contributed by atoms with Gasteiger partial charge in [0.25, 0.3) is 0 Å². The number of benzene rings is 3. The van der Waals surface area contributed by atoms with Crippen LogP contribution >= 0.6 is 15.9 Å². The maximum absolute atomic E-state index is 13.9. The fourth-order valence-corrected chi connectivity index (χ4v) is 5.01. The first-order valence-corrected chi connectivity index (χ1v) is 14.4. The van der Waals surface area contributed by atoms with Crippen LogP contribution in [0.5, 0.6) is 11.5 Å². The predicted molar refractivity (Wildman–Crippen MR) is 167 cm³/mol. The van der Waals surface area contributed by atoms with E-state index in [0.717, 1.165) is 26.5 Å². The van der Waals surface area contributed by atoms with Crippen molar-refractivity contribution in [2.24, 2.45) is 5.92 Å². The molecule has 216 valence electrons. The van der Waals surface area contributed by atoms with Gasteiger partial charge in [-0.3, -0.25) is 4.79 Å². The lowest BCUT2D eigenvalue weighted by Crippen LogP contribution is -2.46. The van der Waals surface area contributed by atoms with Gasteiger partial charge in [0.1, 0.15) is 6.54 Å². The summed E-state index contributed by atoms with van der Waals surface area (Å²) in [6.07, 6.45) is 2.67. The number of para-hydroxylation sites is 1. The molecule has 0 aliphatic heterocycles. The van der Waals surface area contributed by atoms with Crippen LogP contribution in [0.25, 0.3) is 10.9 Å². The quantitative estimate of drug-likeness (QED) is 0.184. The summed E-state index contributed by atoms with van der Waals surface area (Å²) in [7, 11) is 3.19. The first-order valence-electron chi connectivity index (χ1n) is 13.6. The maximum Gasteiger partial charge on any atom is 0.322 e. The summed E-state index contributed by atoms with van der Waals surface area (Å²) < 4.78 is 11.8. The Kier molecular flexibility index (Phi) is 10.3. The third-order valence-electron chi connectivity index (χ3n) is 6.79. The second-order valence-electron chi connectivity index (χ2n) is 10.3. The molecule has 41 heavy (non-hydrogen) atoms. The number of ether oxygens (including phenoxy) is 2. The van der Waals surface area contributed by atoms with E-state index in [1.54, 1.807) is 19.1 Å². The number of rotatable bonds is 12. The highest BCUT2D eigenvalue weighted by atomic mass is 79.9. The molecule has 0 aliphatic rings. The number of urea groups is 1. The summed E-state index contributed by atoms with van der Waals surface area (Å²) >= 11 is 3.42. The molecule has 1 aromatic heterocycles. The molecule has 4 rings (SSSR count). The lowest BCUT2D eigenvalue weighted by Gasteiger charge is -2.29. The molecule has 0 saturated carbocycles. The number of halogens is 1. The van der Waals surface area contributed by atoms with Crippen molar-refractivity contribution < 1.29 is 19.1 Å². The zero-order valence-electron chi connectivity index (χ0n) is 23.9. The van der Waals surface area contributed by atoms with Crippen molar-refractivity contribution in [1.29, 1.82) is 0 Å². The summed E-state index contributed by atoms with van der Waals surface area (Å²) in [6, 6.07) is 20.9. The normalized spacial score (nSPS) is 11.0. The third kappa shape index (κ3) is 8.04. The topological polar surface area (TPSA) is 86.9 Å². The SMILES string of the molecule is COc1ccc(CN(CCc2c[nH]c3ccccc23)C(=O)CN(CC(C)C)C(=O)Nc2ccc(Br)cc2)cc1OC. The number of aromatic amines is 1. The predicted octanol–water partition coefficient (Wildman–Crippen LogP) is 6.71. The number of amides is 3. The summed E-state index contributed by atoms with van der Waals surface area (Å²) in [6.45, 7) is 5.32. The van der Waals surface area contributed by atoms with Gasteiger partial charge < -0.3 is 29.6 Å². The Morgan fingerprint density at radius 2 is 1.68 bits per heavy atom. The molecule has 0 atom stereocenters.